The van der Waals surface area contributed by atoms with Crippen molar-refractivity contribution < 1.29 is 4.79 Å². The van der Waals surface area contributed by atoms with Gasteiger partial charge in [-0.15, -0.1) is 13.2 Å². The van der Waals surface area contributed by atoms with E-state index in [0.29, 0.717) is 18.5 Å². The van der Waals surface area contributed by atoms with Gasteiger partial charge >= 0.3 is 0 Å². The van der Waals surface area contributed by atoms with Crippen LogP contribution in [0.15, 0.2) is 37.1 Å². The summed E-state index contributed by atoms with van der Waals surface area (Å²) in [5.74, 6) is -0.0714. The topological polar surface area (TPSA) is 52.9 Å². The first kappa shape index (κ1) is 13.2. The summed E-state index contributed by atoms with van der Waals surface area (Å²) in [6, 6.07) is 2.24. The highest BCUT2D eigenvalue weighted by molar-refractivity contribution is 5.89. The van der Waals surface area contributed by atoms with Gasteiger partial charge in [0.2, 0.25) is 5.91 Å². The second-order valence-electron chi connectivity index (χ2n) is 4.86. The molecule has 0 bridgehead atoms. The molecule has 0 fully saturated rings. The van der Waals surface area contributed by atoms with E-state index in [1.165, 1.54) is 0 Å². The van der Waals surface area contributed by atoms with Gasteiger partial charge in [-0.05, 0) is 32.8 Å². The molecule has 1 aliphatic rings. The first-order valence-electron chi connectivity index (χ1n) is 5.60. The lowest BCUT2D eigenvalue weighted by atomic mass is 9.81. The van der Waals surface area contributed by atoms with Crippen LogP contribution in [0.5, 0.6) is 0 Å². The molecule has 0 spiro atoms. The summed E-state index contributed by atoms with van der Waals surface area (Å²) < 4.78 is 0. The zero-order valence-electron chi connectivity index (χ0n) is 10.4. The summed E-state index contributed by atoms with van der Waals surface area (Å²) in [6.07, 6.45) is 6.34. The van der Waals surface area contributed by atoms with Crippen molar-refractivity contribution in [3.8, 4) is 6.07 Å². The van der Waals surface area contributed by atoms with Gasteiger partial charge in [-0.25, -0.2) is 0 Å². The van der Waals surface area contributed by atoms with Crippen molar-refractivity contribution >= 4 is 5.91 Å². The van der Waals surface area contributed by atoms with Gasteiger partial charge in [0.05, 0.1) is 16.9 Å². The monoisotopic (exact) mass is 230 g/mol. The van der Waals surface area contributed by atoms with Gasteiger partial charge < -0.3 is 5.32 Å². The summed E-state index contributed by atoms with van der Waals surface area (Å²) in [7, 11) is 0. The van der Waals surface area contributed by atoms with Crippen molar-refractivity contribution in [2.24, 2.45) is 10.8 Å². The fourth-order valence-electron chi connectivity index (χ4n) is 1.94. The van der Waals surface area contributed by atoms with E-state index in [2.05, 4.69) is 24.5 Å². The van der Waals surface area contributed by atoms with Gasteiger partial charge in [-0.1, -0.05) is 12.2 Å². The SMILES string of the molecule is C=CCC(C)(C#N)C1=CC(C)(CC=C)C(=O)N1. The molecule has 0 saturated carbocycles. The molecule has 2 atom stereocenters. The molecule has 0 radical (unpaired) electrons. The molecular weight excluding hydrogens is 212 g/mol. The number of rotatable bonds is 5. The van der Waals surface area contributed by atoms with E-state index in [-0.39, 0.29) is 5.91 Å². The smallest absolute Gasteiger partial charge is 0.234 e. The molecule has 0 aliphatic carbocycles. The lowest BCUT2D eigenvalue weighted by molar-refractivity contribution is -0.125. The zero-order valence-corrected chi connectivity index (χ0v) is 10.4. The number of hydrogen-bond acceptors (Lipinski definition) is 2. The highest BCUT2D eigenvalue weighted by atomic mass is 16.2. The molecule has 17 heavy (non-hydrogen) atoms. The molecule has 2 unspecified atom stereocenters. The van der Waals surface area contributed by atoms with Crippen LogP contribution in [0.25, 0.3) is 0 Å². The Morgan fingerprint density at radius 1 is 1.59 bits per heavy atom. The quantitative estimate of drug-likeness (QED) is 0.738. The number of carbonyl (C=O) groups is 1. The number of carbonyl (C=O) groups excluding carboxylic acids is 1. The second kappa shape index (κ2) is 4.58. The molecule has 3 heteroatoms. The van der Waals surface area contributed by atoms with Crippen molar-refractivity contribution in [2.45, 2.75) is 26.7 Å². The van der Waals surface area contributed by atoms with Crippen LogP contribution in [0.1, 0.15) is 26.7 Å². The molecule has 3 nitrogen and oxygen atoms in total. The maximum absolute atomic E-state index is 11.9. The first-order valence-corrected chi connectivity index (χ1v) is 5.60. The molecule has 1 rings (SSSR count). The fourth-order valence-corrected chi connectivity index (χ4v) is 1.94. The van der Waals surface area contributed by atoms with Gasteiger partial charge in [-0.3, -0.25) is 4.79 Å². The zero-order chi connectivity index (χ0) is 13.1. The lowest BCUT2D eigenvalue weighted by Gasteiger charge is -2.20. The van der Waals surface area contributed by atoms with Gasteiger partial charge in [0.1, 0.15) is 0 Å². The molecule has 1 heterocycles. The van der Waals surface area contributed by atoms with Crippen molar-refractivity contribution in [2.75, 3.05) is 0 Å². The minimum atomic E-state index is -0.712. The van der Waals surface area contributed by atoms with E-state index in [1.807, 2.05) is 13.0 Å². The van der Waals surface area contributed by atoms with E-state index in [0.717, 1.165) is 0 Å². The van der Waals surface area contributed by atoms with E-state index in [4.69, 9.17) is 0 Å². The van der Waals surface area contributed by atoms with Gasteiger partial charge in [0, 0.05) is 5.70 Å². The first-order chi connectivity index (χ1) is 7.91. The molecule has 0 aromatic rings. The Balaban J connectivity index is 3.10. The number of nitriles is 1. The third-order valence-corrected chi connectivity index (χ3v) is 3.19. The highest BCUT2D eigenvalue weighted by Crippen LogP contribution is 2.38. The standard InChI is InChI=1S/C14H18N2O/c1-5-7-13(3)9-11(16-12(13)17)14(4,10-15)8-6-2/h5-6,9H,1-2,7-8H2,3-4H3,(H,16,17). The van der Waals surface area contributed by atoms with Crippen LogP contribution in [0.4, 0.5) is 0 Å². The maximum atomic E-state index is 11.9. The van der Waals surface area contributed by atoms with Crippen LogP contribution < -0.4 is 5.32 Å². The van der Waals surface area contributed by atoms with Crippen molar-refractivity contribution in [1.82, 2.24) is 5.32 Å². The molecule has 90 valence electrons. The normalized spacial score (nSPS) is 26.4. The van der Waals surface area contributed by atoms with E-state index < -0.39 is 10.8 Å². The second-order valence-corrected chi connectivity index (χ2v) is 4.86. The van der Waals surface area contributed by atoms with Crippen molar-refractivity contribution in [1.29, 1.82) is 5.26 Å². The summed E-state index contributed by atoms with van der Waals surface area (Å²) in [5.41, 5.74) is -0.624. The predicted octanol–water partition coefficient (Wildman–Crippen LogP) is 2.69. The summed E-state index contributed by atoms with van der Waals surface area (Å²) in [4.78, 5) is 11.9. The molecular formula is C14H18N2O. The number of allylic oxidation sites excluding steroid dienone is 3. The number of nitrogens with one attached hydrogen (secondary N) is 1. The third kappa shape index (κ3) is 2.31. The molecule has 0 aromatic carbocycles. The van der Waals surface area contributed by atoms with Crippen LogP contribution in [-0.2, 0) is 4.79 Å². The van der Waals surface area contributed by atoms with E-state index >= 15 is 0 Å². The maximum Gasteiger partial charge on any atom is 0.234 e. The van der Waals surface area contributed by atoms with Crippen LogP contribution in [0.3, 0.4) is 0 Å². The Hall–Kier alpha value is -1.82. The number of nitrogens with zero attached hydrogens (tertiary/aromatic N) is 1. The van der Waals surface area contributed by atoms with E-state index in [9.17, 15) is 10.1 Å². The lowest BCUT2D eigenvalue weighted by Crippen LogP contribution is -2.32. The Morgan fingerprint density at radius 3 is 2.71 bits per heavy atom. The minimum Gasteiger partial charge on any atom is -0.328 e. The van der Waals surface area contributed by atoms with Crippen molar-refractivity contribution in [3.63, 3.8) is 0 Å². The minimum absolute atomic E-state index is 0.0714. The molecule has 0 aromatic heterocycles. The summed E-state index contributed by atoms with van der Waals surface area (Å²) >= 11 is 0. The van der Waals surface area contributed by atoms with Crippen LogP contribution in [0.2, 0.25) is 0 Å². The average molecular weight is 230 g/mol. The van der Waals surface area contributed by atoms with E-state index in [1.54, 1.807) is 19.1 Å². The molecule has 1 N–H and O–H groups in total. The Labute approximate surface area is 103 Å². The largest absolute Gasteiger partial charge is 0.328 e. The summed E-state index contributed by atoms with van der Waals surface area (Å²) in [6.45, 7) is 11.0. The number of amides is 1. The molecule has 1 aliphatic heterocycles. The molecule has 0 saturated heterocycles. The van der Waals surface area contributed by atoms with Gasteiger partial charge in [-0.2, -0.15) is 5.26 Å². The Kier molecular flexibility index (Phi) is 3.57. The van der Waals surface area contributed by atoms with Gasteiger partial charge in [0.15, 0.2) is 0 Å². The van der Waals surface area contributed by atoms with Crippen LogP contribution in [-0.4, -0.2) is 5.91 Å². The third-order valence-electron chi connectivity index (χ3n) is 3.19. The fraction of sp³-hybridized carbons (Fsp3) is 0.429. The predicted molar refractivity (Wildman–Crippen MR) is 67.7 cm³/mol. The van der Waals surface area contributed by atoms with Gasteiger partial charge in [0.25, 0.3) is 0 Å². The number of hydrogen-bond donors (Lipinski definition) is 1. The van der Waals surface area contributed by atoms with Crippen molar-refractivity contribution in [3.05, 3.63) is 37.1 Å². The Bertz CT molecular complexity index is 430. The van der Waals surface area contributed by atoms with Crippen LogP contribution in [0, 0.1) is 22.2 Å². The molecule has 1 amide bonds. The Morgan fingerprint density at radius 2 is 2.24 bits per heavy atom. The summed E-state index contributed by atoms with van der Waals surface area (Å²) in [5, 5.41) is 12.1. The highest BCUT2D eigenvalue weighted by Gasteiger charge is 2.42. The average Bonchev–Trinajstić information content (AvgIpc) is 2.57. The van der Waals surface area contributed by atoms with Crippen LogP contribution >= 0.6 is 0 Å².